The van der Waals surface area contributed by atoms with Crippen molar-refractivity contribution in [2.75, 3.05) is 5.75 Å². The average molecular weight is 371 g/mol. The maximum atomic E-state index is 12.0. The Kier molecular flexibility index (Phi) is 7.72. The number of benzene rings is 1. The van der Waals surface area contributed by atoms with Gasteiger partial charge in [0.2, 0.25) is 5.91 Å². The number of Topliss-reactive ketones (excluding diaryl/α,β-unsaturated/α-hetero) is 1. The number of rotatable bonds is 10. The lowest BCUT2D eigenvalue weighted by atomic mass is 9.97. The van der Waals surface area contributed by atoms with Gasteiger partial charge in [0.1, 0.15) is 17.6 Å². The van der Waals surface area contributed by atoms with E-state index in [0.717, 1.165) is 5.56 Å². The van der Waals surface area contributed by atoms with Crippen LogP contribution in [0.15, 0.2) is 30.3 Å². The quantitative estimate of drug-likeness (QED) is 0.514. The summed E-state index contributed by atoms with van der Waals surface area (Å²) in [7, 11) is -4.55. The smallest absolute Gasteiger partial charge is 0.327 e. The van der Waals surface area contributed by atoms with Gasteiger partial charge in [0.25, 0.3) is 10.1 Å². The number of ketones is 1. The summed E-state index contributed by atoms with van der Waals surface area (Å²) in [5.74, 6) is -3.78. The molecule has 0 bridgehead atoms. The van der Waals surface area contributed by atoms with Crippen LogP contribution in [0.2, 0.25) is 0 Å². The van der Waals surface area contributed by atoms with Crippen molar-refractivity contribution in [1.29, 1.82) is 0 Å². The van der Waals surface area contributed by atoms with Gasteiger partial charge in [0, 0.05) is 19.3 Å². The first-order valence-electron chi connectivity index (χ1n) is 7.59. The molecule has 0 heterocycles. The normalized spacial score (nSPS) is 13.7. The molecule has 9 heteroatoms. The Morgan fingerprint density at radius 3 is 2.24 bits per heavy atom. The molecule has 0 aliphatic rings. The first kappa shape index (κ1) is 20.8. The highest BCUT2D eigenvalue weighted by atomic mass is 32.2. The number of carbonyl (C=O) groups is 3. The van der Waals surface area contributed by atoms with Gasteiger partial charge in [-0.1, -0.05) is 37.3 Å². The van der Waals surface area contributed by atoms with E-state index in [0.29, 0.717) is 0 Å². The zero-order chi connectivity index (χ0) is 19.0. The van der Waals surface area contributed by atoms with Crippen molar-refractivity contribution >= 4 is 27.8 Å². The molecule has 0 aliphatic carbocycles. The molecular formula is C16H21NO7S. The van der Waals surface area contributed by atoms with Crippen LogP contribution in [0.5, 0.6) is 0 Å². The highest BCUT2D eigenvalue weighted by Crippen LogP contribution is 2.11. The maximum Gasteiger partial charge on any atom is 0.327 e. The summed E-state index contributed by atoms with van der Waals surface area (Å²) in [6.07, 6.45) is 0.251. The number of hydrogen-bond donors (Lipinski definition) is 3. The van der Waals surface area contributed by atoms with Crippen LogP contribution in [0.3, 0.4) is 0 Å². The fraction of sp³-hybridized carbons (Fsp3) is 0.438. The number of hydrogen-bond acceptors (Lipinski definition) is 5. The molecule has 0 fully saturated rings. The predicted molar refractivity (Wildman–Crippen MR) is 89.5 cm³/mol. The van der Waals surface area contributed by atoms with Crippen LogP contribution in [0.4, 0.5) is 0 Å². The molecule has 0 spiro atoms. The lowest BCUT2D eigenvalue weighted by Gasteiger charge is -2.15. The molecule has 0 aromatic heterocycles. The monoisotopic (exact) mass is 371 g/mol. The lowest BCUT2D eigenvalue weighted by Crippen LogP contribution is -2.45. The van der Waals surface area contributed by atoms with Gasteiger partial charge in [-0.25, -0.2) is 4.79 Å². The third-order valence-electron chi connectivity index (χ3n) is 3.36. The van der Waals surface area contributed by atoms with Gasteiger partial charge in [-0.3, -0.25) is 14.1 Å². The summed E-state index contributed by atoms with van der Waals surface area (Å²) in [4.78, 5) is 34.8. The van der Waals surface area contributed by atoms with Crippen LogP contribution in [0.1, 0.15) is 25.3 Å². The molecule has 1 aromatic rings. The number of carbonyl (C=O) groups excluding carboxylic acids is 2. The highest BCUT2D eigenvalue weighted by Gasteiger charge is 2.26. The van der Waals surface area contributed by atoms with Crippen LogP contribution >= 0.6 is 0 Å². The lowest BCUT2D eigenvalue weighted by molar-refractivity contribution is -0.141. The molecule has 1 rings (SSSR count). The zero-order valence-corrected chi connectivity index (χ0v) is 14.5. The third kappa shape index (κ3) is 8.96. The number of carboxylic acids is 1. The van der Waals surface area contributed by atoms with E-state index in [9.17, 15) is 22.8 Å². The summed E-state index contributed by atoms with van der Waals surface area (Å²) in [6.45, 7) is 1.67. The topological polar surface area (TPSA) is 138 Å². The number of carboxylic acid groups (broad SMARTS) is 1. The molecule has 0 radical (unpaired) electrons. The minimum absolute atomic E-state index is 0.0563. The second kappa shape index (κ2) is 9.28. The molecule has 1 unspecified atom stereocenters. The van der Waals surface area contributed by atoms with Gasteiger partial charge in [0.05, 0.1) is 0 Å². The van der Waals surface area contributed by atoms with E-state index in [4.69, 9.17) is 9.66 Å². The maximum absolute atomic E-state index is 12.0. The molecule has 8 nitrogen and oxygen atoms in total. The summed E-state index contributed by atoms with van der Waals surface area (Å²) < 4.78 is 30.2. The first-order chi connectivity index (χ1) is 11.6. The SMILES string of the molecule is CC(CC(=O)Cc1ccccc1)CC(=O)N[C@@H](CS(=O)(=O)O)C(=O)O. The van der Waals surface area contributed by atoms with Crippen molar-refractivity contribution in [3.05, 3.63) is 35.9 Å². The minimum Gasteiger partial charge on any atom is -0.480 e. The summed E-state index contributed by atoms with van der Waals surface area (Å²) in [6, 6.07) is 7.38. The molecule has 1 amide bonds. The van der Waals surface area contributed by atoms with E-state index >= 15 is 0 Å². The largest absolute Gasteiger partial charge is 0.480 e. The Bertz CT molecular complexity index is 715. The number of aliphatic carboxylic acids is 1. The van der Waals surface area contributed by atoms with Crippen molar-refractivity contribution in [3.8, 4) is 0 Å². The Morgan fingerprint density at radius 1 is 1.12 bits per heavy atom. The molecule has 1 aromatic carbocycles. The molecule has 0 aliphatic heterocycles. The van der Waals surface area contributed by atoms with Gasteiger partial charge in [0.15, 0.2) is 0 Å². The van der Waals surface area contributed by atoms with E-state index in [2.05, 4.69) is 0 Å². The average Bonchev–Trinajstić information content (AvgIpc) is 2.45. The van der Waals surface area contributed by atoms with Gasteiger partial charge in [-0.15, -0.1) is 0 Å². The van der Waals surface area contributed by atoms with Crippen LogP contribution in [0, 0.1) is 5.92 Å². The van der Waals surface area contributed by atoms with Crippen LogP contribution in [0.25, 0.3) is 0 Å². The Hall–Kier alpha value is -2.26. The molecule has 0 saturated heterocycles. The highest BCUT2D eigenvalue weighted by molar-refractivity contribution is 7.85. The van der Waals surface area contributed by atoms with E-state index in [1.807, 2.05) is 35.6 Å². The molecule has 2 atom stereocenters. The zero-order valence-electron chi connectivity index (χ0n) is 13.7. The number of nitrogens with one attached hydrogen (secondary N) is 1. The molecule has 138 valence electrons. The fourth-order valence-electron chi connectivity index (χ4n) is 2.31. The second-order valence-electron chi connectivity index (χ2n) is 5.92. The van der Waals surface area contributed by atoms with Crippen LogP contribution in [-0.2, 0) is 30.9 Å². The van der Waals surface area contributed by atoms with Crippen molar-refractivity contribution in [2.24, 2.45) is 5.92 Å². The third-order valence-corrected chi connectivity index (χ3v) is 4.12. The molecule has 25 heavy (non-hydrogen) atoms. The minimum atomic E-state index is -4.55. The summed E-state index contributed by atoms with van der Waals surface area (Å²) >= 11 is 0. The van der Waals surface area contributed by atoms with Crippen molar-refractivity contribution in [1.82, 2.24) is 5.32 Å². The van der Waals surface area contributed by atoms with Gasteiger partial charge in [-0.05, 0) is 11.5 Å². The standard InChI is InChI=1S/C16H21NO7S/c1-11(7-13(18)9-12-5-3-2-4-6-12)8-15(19)17-14(16(20)21)10-25(22,23)24/h2-6,11,14H,7-10H2,1H3,(H,17,19)(H,20,21)(H,22,23,24)/t11?,14-/m0/s1. The van der Waals surface area contributed by atoms with Crippen LogP contribution < -0.4 is 5.32 Å². The summed E-state index contributed by atoms with van der Waals surface area (Å²) in [5, 5.41) is 10.9. The van der Waals surface area contributed by atoms with Gasteiger partial charge >= 0.3 is 5.97 Å². The van der Waals surface area contributed by atoms with E-state index in [1.54, 1.807) is 6.92 Å². The van der Waals surface area contributed by atoms with E-state index in [1.165, 1.54) is 0 Å². The van der Waals surface area contributed by atoms with Crippen molar-refractivity contribution in [2.45, 2.75) is 32.2 Å². The first-order valence-corrected chi connectivity index (χ1v) is 9.20. The van der Waals surface area contributed by atoms with Crippen molar-refractivity contribution < 1.29 is 32.5 Å². The molecule has 0 saturated carbocycles. The van der Waals surface area contributed by atoms with Crippen molar-refractivity contribution in [3.63, 3.8) is 0 Å². The van der Waals surface area contributed by atoms with Crippen LogP contribution in [-0.4, -0.2) is 47.5 Å². The Morgan fingerprint density at radius 2 is 1.72 bits per heavy atom. The number of amides is 1. The second-order valence-corrected chi connectivity index (χ2v) is 7.42. The van der Waals surface area contributed by atoms with E-state index < -0.39 is 33.8 Å². The summed E-state index contributed by atoms with van der Waals surface area (Å²) in [5.41, 5.74) is 0.864. The Labute approximate surface area is 146 Å². The van der Waals surface area contributed by atoms with Gasteiger partial charge in [-0.2, -0.15) is 8.42 Å². The van der Waals surface area contributed by atoms with Gasteiger partial charge < -0.3 is 10.4 Å². The van der Waals surface area contributed by atoms with E-state index in [-0.39, 0.29) is 31.0 Å². The fourth-order valence-corrected chi connectivity index (χ4v) is 2.96. The Balaban J connectivity index is 2.49. The molecule has 3 N–H and O–H groups in total. The predicted octanol–water partition coefficient (Wildman–Crippen LogP) is 0.672. The molecular weight excluding hydrogens is 350 g/mol.